The molecule has 98 valence electrons. The molecule has 2 fully saturated rings. The molecule has 0 radical (unpaired) electrons. The van der Waals surface area contributed by atoms with E-state index >= 15 is 0 Å². The van der Waals surface area contributed by atoms with E-state index in [1.54, 1.807) is 0 Å². The van der Waals surface area contributed by atoms with Gasteiger partial charge in [0.1, 0.15) is 0 Å². The quantitative estimate of drug-likeness (QED) is 0.891. The van der Waals surface area contributed by atoms with E-state index in [1.807, 2.05) is 19.9 Å². The van der Waals surface area contributed by atoms with E-state index in [1.165, 1.54) is 12.8 Å². The molecule has 0 spiro atoms. The molecule has 1 saturated heterocycles. The van der Waals surface area contributed by atoms with E-state index in [0.29, 0.717) is 12.1 Å². The van der Waals surface area contributed by atoms with Crippen LogP contribution in [0, 0.1) is 19.8 Å². The minimum atomic E-state index is 0.460. The normalized spacial score (nSPS) is 28.1. The highest BCUT2D eigenvalue weighted by atomic mass is 16.5. The predicted molar refractivity (Wildman–Crippen MR) is 70.6 cm³/mol. The Morgan fingerprint density at radius 2 is 1.89 bits per heavy atom. The Labute approximate surface area is 108 Å². The number of hydrogen-bond acceptors (Lipinski definition) is 4. The number of anilines is 1. The highest BCUT2D eigenvalue weighted by molar-refractivity contribution is 5.29. The fourth-order valence-corrected chi connectivity index (χ4v) is 2.73. The average molecular weight is 247 g/mol. The first-order chi connectivity index (χ1) is 8.70. The van der Waals surface area contributed by atoms with Crippen LogP contribution in [0.1, 0.15) is 37.1 Å². The maximum absolute atomic E-state index is 5.84. The summed E-state index contributed by atoms with van der Waals surface area (Å²) in [5.41, 5.74) is 2.05. The van der Waals surface area contributed by atoms with Crippen LogP contribution in [-0.2, 0) is 4.74 Å². The summed E-state index contributed by atoms with van der Waals surface area (Å²) >= 11 is 0. The molecule has 3 rings (SSSR count). The maximum Gasteiger partial charge on any atom is 0.223 e. The average Bonchev–Trinajstić information content (AvgIpc) is 3.11. The van der Waals surface area contributed by atoms with Crippen LogP contribution >= 0.6 is 0 Å². The van der Waals surface area contributed by atoms with Gasteiger partial charge < -0.3 is 10.1 Å². The fraction of sp³-hybridized carbons (Fsp3) is 0.714. The first kappa shape index (κ1) is 11.9. The summed E-state index contributed by atoms with van der Waals surface area (Å²) in [6, 6.07) is 2.47. The first-order valence-corrected chi connectivity index (χ1v) is 6.91. The van der Waals surface area contributed by atoms with Gasteiger partial charge in [0.2, 0.25) is 5.95 Å². The van der Waals surface area contributed by atoms with Crippen LogP contribution in [0.4, 0.5) is 5.95 Å². The Bertz CT molecular complexity index is 411. The lowest BCUT2D eigenvalue weighted by atomic mass is 10.0. The topological polar surface area (TPSA) is 47.0 Å². The highest BCUT2D eigenvalue weighted by Gasteiger charge is 2.35. The Kier molecular flexibility index (Phi) is 3.20. The molecule has 1 aliphatic heterocycles. The van der Waals surface area contributed by atoms with Crippen LogP contribution in [0.3, 0.4) is 0 Å². The van der Waals surface area contributed by atoms with E-state index < -0.39 is 0 Å². The molecule has 1 saturated carbocycles. The lowest BCUT2D eigenvalue weighted by Gasteiger charge is -2.30. The maximum atomic E-state index is 5.84. The van der Waals surface area contributed by atoms with Crippen molar-refractivity contribution < 1.29 is 4.74 Å². The monoisotopic (exact) mass is 247 g/mol. The summed E-state index contributed by atoms with van der Waals surface area (Å²) in [5.74, 6) is 1.59. The van der Waals surface area contributed by atoms with Crippen LogP contribution < -0.4 is 5.32 Å². The minimum absolute atomic E-state index is 0.460. The minimum Gasteiger partial charge on any atom is -0.378 e. The van der Waals surface area contributed by atoms with Crippen molar-refractivity contribution in [3.8, 4) is 0 Å². The Morgan fingerprint density at radius 3 is 2.56 bits per heavy atom. The Hall–Kier alpha value is -1.16. The van der Waals surface area contributed by atoms with E-state index in [0.717, 1.165) is 42.7 Å². The molecule has 2 heterocycles. The molecule has 2 unspecified atom stereocenters. The van der Waals surface area contributed by atoms with Crippen molar-refractivity contribution in [2.24, 2.45) is 5.92 Å². The Morgan fingerprint density at radius 1 is 1.17 bits per heavy atom. The molecule has 1 N–H and O–H groups in total. The molecule has 4 nitrogen and oxygen atoms in total. The largest absolute Gasteiger partial charge is 0.378 e. The number of nitrogens with one attached hydrogen (secondary N) is 1. The van der Waals surface area contributed by atoms with Gasteiger partial charge in [-0.1, -0.05) is 0 Å². The molecular formula is C14H21N3O. The van der Waals surface area contributed by atoms with E-state index in [4.69, 9.17) is 4.74 Å². The van der Waals surface area contributed by atoms with Gasteiger partial charge in [-0.3, -0.25) is 0 Å². The molecule has 2 atom stereocenters. The Balaban J connectivity index is 1.64. The molecule has 1 aromatic heterocycles. The molecule has 1 aromatic rings. The molecular weight excluding hydrogens is 226 g/mol. The van der Waals surface area contributed by atoms with Crippen molar-refractivity contribution >= 4 is 5.95 Å². The third-order valence-corrected chi connectivity index (χ3v) is 3.78. The summed E-state index contributed by atoms with van der Waals surface area (Å²) in [7, 11) is 0. The smallest absolute Gasteiger partial charge is 0.223 e. The summed E-state index contributed by atoms with van der Waals surface area (Å²) in [5, 5.41) is 3.47. The second-order valence-electron chi connectivity index (χ2n) is 5.59. The van der Waals surface area contributed by atoms with Crippen molar-refractivity contribution in [2.45, 2.75) is 51.7 Å². The van der Waals surface area contributed by atoms with Crippen molar-refractivity contribution in [2.75, 3.05) is 11.9 Å². The lowest BCUT2D eigenvalue weighted by molar-refractivity contribution is -0.00228. The molecule has 1 aliphatic carbocycles. The van der Waals surface area contributed by atoms with Gasteiger partial charge in [-0.2, -0.15) is 0 Å². The fourth-order valence-electron chi connectivity index (χ4n) is 2.73. The van der Waals surface area contributed by atoms with E-state index in [9.17, 15) is 0 Å². The van der Waals surface area contributed by atoms with Crippen molar-refractivity contribution in [3.63, 3.8) is 0 Å². The summed E-state index contributed by atoms with van der Waals surface area (Å²) in [6.07, 6.45) is 5.30. The second kappa shape index (κ2) is 4.84. The van der Waals surface area contributed by atoms with Crippen LogP contribution in [0.25, 0.3) is 0 Å². The number of aromatic nitrogens is 2. The number of hydrogen-bond donors (Lipinski definition) is 1. The van der Waals surface area contributed by atoms with Gasteiger partial charge in [0.25, 0.3) is 0 Å². The third-order valence-electron chi connectivity index (χ3n) is 3.78. The van der Waals surface area contributed by atoms with E-state index in [2.05, 4.69) is 15.3 Å². The molecule has 18 heavy (non-hydrogen) atoms. The summed E-state index contributed by atoms with van der Waals surface area (Å²) in [4.78, 5) is 8.90. The standard InChI is InChI=1S/C14H21N3O/c1-9-7-10(2)16-14(15-9)17-12-5-6-18-13(8-12)11-3-4-11/h7,11-13H,3-6,8H2,1-2H3,(H,15,16,17). The predicted octanol–water partition coefficient (Wildman–Crippen LogP) is 2.46. The summed E-state index contributed by atoms with van der Waals surface area (Å²) in [6.45, 7) is 4.89. The van der Waals surface area contributed by atoms with Crippen LogP contribution in [0.2, 0.25) is 0 Å². The van der Waals surface area contributed by atoms with Gasteiger partial charge in [0.15, 0.2) is 0 Å². The molecule has 2 aliphatic rings. The number of aryl methyl sites for hydroxylation is 2. The molecule has 0 amide bonds. The van der Waals surface area contributed by atoms with Crippen LogP contribution in [0.5, 0.6) is 0 Å². The van der Waals surface area contributed by atoms with Crippen molar-refractivity contribution in [3.05, 3.63) is 17.5 Å². The van der Waals surface area contributed by atoms with Crippen molar-refractivity contribution in [1.82, 2.24) is 9.97 Å². The van der Waals surface area contributed by atoms with Gasteiger partial charge >= 0.3 is 0 Å². The number of nitrogens with zero attached hydrogens (tertiary/aromatic N) is 2. The van der Waals surface area contributed by atoms with Gasteiger partial charge in [-0.25, -0.2) is 9.97 Å². The van der Waals surface area contributed by atoms with Crippen LogP contribution in [-0.4, -0.2) is 28.7 Å². The zero-order valence-electron chi connectivity index (χ0n) is 11.1. The number of rotatable bonds is 3. The van der Waals surface area contributed by atoms with Gasteiger partial charge in [-0.15, -0.1) is 0 Å². The molecule has 0 aromatic carbocycles. The lowest BCUT2D eigenvalue weighted by Crippen LogP contribution is -2.35. The molecule has 0 bridgehead atoms. The van der Waals surface area contributed by atoms with E-state index in [-0.39, 0.29) is 0 Å². The highest BCUT2D eigenvalue weighted by Crippen LogP contribution is 2.38. The second-order valence-corrected chi connectivity index (χ2v) is 5.59. The first-order valence-electron chi connectivity index (χ1n) is 6.91. The molecule has 4 heteroatoms. The summed E-state index contributed by atoms with van der Waals surface area (Å²) < 4.78 is 5.84. The van der Waals surface area contributed by atoms with Gasteiger partial charge in [0.05, 0.1) is 6.10 Å². The van der Waals surface area contributed by atoms with Gasteiger partial charge in [-0.05, 0) is 51.5 Å². The van der Waals surface area contributed by atoms with Crippen LogP contribution in [0.15, 0.2) is 6.07 Å². The SMILES string of the molecule is Cc1cc(C)nc(NC2CCOC(C3CC3)C2)n1. The zero-order chi connectivity index (χ0) is 12.5. The number of ether oxygens (including phenoxy) is 1. The zero-order valence-corrected chi connectivity index (χ0v) is 11.1. The third kappa shape index (κ3) is 2.80. The van der Waals surface area contributed by atoms with Crippen molar-refractivity contribution in [1.29, 1.82) is 0 Å². The van der Waals surface area contributed by atoms with Gasteiger partial charge in [0, 0.05) is 24.0 Å².